The number of fused-ring (bicyclic) bond motifs is 1. The van der Waals surface area contributed by atoms with Gasteiger partial charge in [0.1, 0.15) is 5.84 Å². The van der Waals surface area contributed by atoms with E-state index in [9.17, 15) is 0 Å². The number of amidine groups is 1. The molecule has 1 heterocycles. The van der Waals surface area contributed by atoms with E-state index in [0.717, 1.165) is 16.5 Å². The summed E-state index contributed by atoms with van der Waals surface area (Å²) >= 11 is 0. The topological polar surface area (TPSA) is 63.3 Å². The SMILES string of the molecule is CCN=C(NN)c1ccnc2ccccc12. The van der Waals surface area contributed by atoms with E-state index >= 15 is 0 Å². The summed E-state index contributed by atoms with van der Waals surface area (Å²) in [6, 6.07) is 9.84. The molecule has 0 aliphatic heterocycles. The Morgan fingerprint density at radius 1 is 1.38 bits per heavy atom. The molecule has 0 unspecified atom stereocenters. The third kappa shape index (κ3) is 1.87. The fourth-order valence-electron chi connectivity index (χ4n) is 1.67. The second kappa shape index (κ2) is 4.72. The van der Waals surface area contributed by atoms with Crippen LogP contribution >= 0.6 is 0 Å². The van der Waals surface area contributed by atoms with Gasteiger partial charge in [0.25, 0.3) is 0 Å². The lowest BCUT2D eigenvalue weighted by atomic mass is 10.1. The lowest BCUT2D eigenvalue weighted by Crippen LogP contribution is -2.31. The minimum absolute atomic E-state index is 0.691. The van der Waals surface area contributed by atoms with Gasteiger partial charge in [-0.3, -0.25) is 9.98 Å². The van der Waals surface area contributed by atoms with Gasteiger partial charge in [0.15, 0.2) is 0 Å². The Labute approximate surface area is 94.2 Å². The molecule has 2 rings (SSSR count). The first-order valence-electron chi connectivity index (χ1n) is 5.22. The van der Waals surface area contributed by atoms with E-state index < -0.39 is 0 Å². The van der Waals surface area contributed by atoms with Crippen LogP contribution in [0.15, 0.2) is 41.5 Å². The molecule has 1 aromatic heterocycles. The maximum atomic E-state index is 5.48. The number of pyridine rings is 1. The first-order chi connectivity index (χ1) is 7.86. The van der Waals surface area contributed by atoms with Crippen molar-refractivity contribution in [2.24, 2.45) is 10.8 Å². The van der Waals surface area contributed by atoms with Crippen molar-refractivity contribution in [2.45, 2.75) is 6.92 Å². The fourth-order valence-corrected chi connectivity index (χ4v) is 1.67. The number of hydrogen-bond acceptors (Lipinski definition) is 3. The summed E-state index contributed by atoms with van der Waals surface area (Å²) in [6.07, 6.45) is 1.76. The summed E-state index contributed by atoms with van der Waals surface area (Å²) in [4.78, 5) is 8.61. The van der Waals surface area contributed by atoms with Crippen LogP contribution in [0.25, 0.3) is 10.9 Å². The van der Waals surface area contributed by atoms with Gasteiger partial charge in [0.2, 0.25) is 0 Å². The summed E-state index contributed by atoms with van der Waals surface area (Å²) in [6.45, 7) is 2.66. The molecule has 0 saturated heterocycles. The molecule has 4 heteroatoms. The molecule has 0 atom stereocenters. The molecule has 82 valence electrons. The van der Waals surface area contributed by atoms with Crippen molar-refractivity contribution in [1.82, 2.24) is 10.4 Å². The van der Waals surface area contributed by atoms with Gasteiger partial charge in [-0.2, -0.15) is 0 Å². The maximum Gasteiger partial charge on any atom is 0.143 e. The van der Waals surface area contributed by atoms with E-state index in [0.29, 0.717) is 12.4 Å². The zero-order valence-corrected chi connectivity index (χ0v) is 9.14. The zero-order chi connectivity index (χ0) is 11.4. The molecule has 0 bridgehead atoms. The van der Waals surface area contributed by atoms with Crippen LogP contribution in [-0.2, 0) is 0 Å². The number of nitrogens with two attached hydrogens (primary N) is 1. The van der Waals surface area contributed by atoms with E-state index in [4.69, 9.17) is 5.84 Å². The van der Waals surface area contributed by atoms with Crippen LogP contribution in [-0.4, -0.2) is 17.4 Å². The molecule has 16 heavy (non-hydrogen) atoms. The van der Waals surface area contributed by atoms with Crippen LogP contribution in [0.3, 0.4) is 0 Å². The normalized spacial score (nSPS) is 11.8. The van der Waals surface area contributed by atoms with Gasteiger partial charge in [-0.15, -0.1) is 0 Å². The van der Waals surface area contributed by atoms with Gasteiger partial charge < -0.3 is 5.43 Å². The molecule has 4 nitrogen and oxygen atoms in total. The van der Waals surface area contributed by atoms with Crippen molar-refractivity contribution in [3.8, 4) is 0 Å². The van der Waals surface area contributed by atoms with Crippen LogP contribution in [0.5, 0.6) is 0 Å². The quantitative estimate of drug-likeness (QED) is 0.344. The fraction of sp³-hybridized carbons (Fsp3) is 0.167. The van der Waals surface area contributed by atoms with E-state index in [-0.39, 0.29) is 0 Å². The largest absolute Gasteiger partial charge is 0.308 e. The molecule has 0 saturated carbocycles. The molecule has 0 fully saturated rings. The van der Waals surface area contributed by atoms with Crippen molar-refractivity contribution < 1.29 is 0 Å². The van der Waals surface area contributed by atoms with E-state index in [2.05, 4.69) is 15.4 Å². The van der Waals surface area contributed by atoms with E-state index in [1.807, 2.05) is 37.3 Å². The maximum absolute atomic E-state index is 5.48. The van der Waals surface area contributed by atoms with E-state index in [1.165, 1.54) is 0 Å². The highest BCUT2D eigenvalue weighted by Gasteiger charge is 2.06. The Morgan fingerprint density at radius 3 is 2.94 bits per heavy atom. The molecule has 1 aromatic carbocycles. The smallest absolute Gasteiger partial charge is 0.143 e. The number of aliphatic imine (C=N–C) groups is 1. The molecular weight excluding hydrogens is 200 g/mol. The van der Waals surface area contributed by atoms with Crippen molar-refractivity contribution in [3.05, 3.63) is 42.1 Å². The van der Waals surface area contributed by atoms with Crippen molar-refractivity contribution in [3.63, 3.8) is 0 Å². The number of hydrazine groups is 1. The average Bonchev–Trinajstić information content (AvgIpc) is 2.35. The third-order valence-corrected chi connectivity index (χ3v) is 2.36. The van der Waals surface area contributed by atoms with Crippen LogP contribution in [0, 0.1) is 0 Å². The monoisotopic (exact) mass is 214 g/mol. The van der Waals surface area contributed by atoms with Gasteiger partial charge in [0, 0.05) is 23.7 Å². The summed E-state index contributed by atoms with van der Waals surface area (Å²) < 4.78 is 0. The lowest BCUT2D eigenvalue weighted by Gasteiger charge is -2.08. The number of hydrogen-bond donors (Lipinski definition) is 2. The highest BCUT2D eigenvalue weighted by atomic mass is 15.2. The molecular formula is C12H14N4. The van der Waals surface area contributed by atoms with Gasteiger partial charge in [-0.1, -0.05) is 18.2 Å². The van der Waals surface area contributed by atoms with Crippen molar-refractivity contribution in [1.29, 1.82) is 0 Å². The minimum Gasteiger partial charge on any atom is -0.308 e. The molecule has 0 radical (unpaired) electrons. The Morgan fingerprint density at radius 2 is 2.19 bits per heavy atom. The second-order valence-corrected chi connectivity index (χ2v) is 3.34. The summed E-state index contributed by atoms with van der Waals surface area (Å²) in [5.41, 5.74) is 4.56. The average molecular weight is 214 g/mol. The molecule has 0 spiro atoms. The number of aromatic nitrogens is 1. The van der Waals surface area contributed by atoms with Crippen molar-refractivity contribution >= 4 is 16.7 Å². The lowest BCUT2D eigenvalue weighted by molar-refractivity contribution is 0.993. The van der Waals surface area contributed by atoms with Gasteiger partial charge in [-0.05, 0) is 19.1 Å². The molecule has 0 aliphatic carbocycles. The Kier molecular flexibility index (Phi) is 3.12. The predicted octanol–water partition coefficient (Wildman–Crippen LogP) is 1.46. The highest BCUT2D eigenvalue weighted by Crippen LogP contribution is 2.16. The van der Waals surface area contributed by atoms with E-state index in [1.54, 1.807) is 6.20 Å². The van der Waals surface area contributed by atoms with Crippen molar-refractivity contribution in [2.75, 3.05) is 6.54 Å². The number of rotatable bonds is 2. The van der Waals surface area contributed by atoms with Crippen LogP contribution in [0.2, 0.25) is 0 Å². The van der Waals surface area contributed by atoms with Gasteiger partial charge in [-0.25, -0.2) is 5.84 Å². The summed E-state index contributed by atoms with van der Waals surface area (Å²) in [5, 5.41) is 1.05. The molecule has 0 amide bonds. The number of para-hydroxylation sites is 1. The second-order valence-electron chi connectivity index (χ2n) is 3.34. The molecule has 3 N–H and O–H groups in total. The highest BCUT2D eigenvalue weighted by molar-refractivity contribution is 6.08. The number of benzene rings is 1. The zero-order valence-electron chi connectivity index (χ0n) is 9.14. The Bertz CT molecular complexity index is 514. The van der Waals surface area contributed by atoms with Crippen LogP contribution in [0.4, 0.5) is 0 Å². The predicted molar refractivity (Wildman–Crippen MR) is 66.1 cm³/mol. The Balaban J connectivity index is 2.64. The number of nitrogens with zero attached hydrogens (tertiary/aromatic N) is 2. The summed E-state index contributed by atoms with van der Waals surface area (Å²) in [5.74, 6) is 6.18. The van der Waals surface area contributed by atoms with Crippen LogP contribution in [0.1, 0.15) is 12.5 Å². The number of nitrogens with one attached hydrogen (secondary N) is 1. The molecule has 2 aromatic rings. The Hall–Kier alpha value is -1.94. The minimum atomic E-state index is 0.691. The van der Waals surface area contributed by atoms with Crippen LogP contribution < -0.4 is 11.3 Å². The first-order valence-corrected chi connectivity index (χ1v) is 5.22. The molecule has 0 aliphatic rings. The summed E-state index contributed by atoms with van der Waals surface area (Å²) in [7, 11) is 0. The standard InChI is InChI=1S/C12H14N4/c1-2-14-12(16-13)10-7-8-15-11-6-4-3-5-9(10)11/h3-8H,2,13H2,1H3,(H,14,16). The third-order valence-electron chi connectivity index (χ3n) is 2.36. The van der Waals surface area contributed by atoms with Gasteiger partial charge >= 0.3 is 0 Å². The van der Waals surface area contributed by atoms with Gasteiger partial charge in [0.05, 0.1) is 5.52 Å². The first kappa shape index (κ1) is 10.6.